The Bertz CT molecular complexity index is 370. The normalized spacial score (nSPS) is 15.1. The van der Waals surface area contributed by atoms with Gasteiger partial charge in [-0.15, -0.1) is 0 Å². The summed E-state index contributed by atoms with van der Waals surface area (Å²) in [6.07, 6.45) is -1.09. The van der Waals surface area contributed by atoms with Gasteiger partial charge in [0.05, 0.1) is 6.10 Å². The van der Waals surface area contributed by atoms with Crippen LogP contribution in [-0.2, 0) is 19.1 Å². The van der Waals surface area contributed by atoms with Gasteiger partial charge >= 0.3 is 5.97 Å². The van der Waals surface area contributed by atoms with Crippen molar-refractivity contribution in [3.63, 3.8) is 0 Å². The molecule has 0 aliphatic rings. The van der Waals surface area contributed by atoms with Gasteiger partial charge in [-0.05, 0) is 12.3 Å². The summed E-state index contributed by atoms with van der Waals surface area (Å²) in [5.41, 5.74) is 5.22. The number of amides is 2. The Hall–Kier alpha value is -1.63. The number of rotatable bonds is 9. The van der Waals surface area contributed by atoms with Crippen molar-refractivity contribution in [3.05, 3.63) is 0 Å². The molecule has 122 valence electrons. The lowest BCUT2D eigenvalue weighted by Crippen LogP contribution is -2.51. The number of primary amides is 1. The Labute approximate surface area is 125 Å². The smallest absolute Gasteiger partial charge is 0.306 e. The molecule has 0 spiro atoms. The number of carbonyl (C=O) groups excluding carboxylic acids is 3. The van der Waals surface area contributed by atoms with E-state index in [0.717, 1.165) is 0 Å². The van der Waals surface area contributed by atoms with Gasteiger partial charge in [-0.25, -0.2) is 0 Å². The third-order valence-electron chi connectivity index (χ3n) is 3.05. The van der Waals surface area contributed by atoms with Gasteiger partial charge in [0.15, 0.2) is 6.10 Å². The van der Waals surface area contributed by atoms with Gasteiger partial charge in [0.25, 0.3) is 5.91 Å². The minimum absolute atomic E-state index is 0.0319. The maximum atomic E-state index is 12.1. The van der Waals surface area contributed by atoms with Crippen molar-refractivity contribution in [1.29, 1.82) is 0 Å². The SMILES string of the molecule is CCC(=O)O[C@H](C(=O)N[C@H](C[C@@H](O)CC)C(N)=O)C(C)C. The average molecular weight is 302 g/mol. The molecule has 0 radical (unpaired) electrons. The highest BCUT2D eigenvalue weighted by atomic mass is 16.5. The van der Waals surface area contributed by atoms with Crippen molar-refractivity contribution in [1.82, 2.24) is 5.32 Å². The maximum Gasteiger partial charge on any atom is 0.306 e. The van der Waals surface area contributed by atoms with Crippen molar-refractivity contribution in [3.8, 4) is 0 Å². The Morgan fingerprint density at radius 3 is 2.19 bits per heavy atom. The summed E-state index contributed by atoms with van der Waals surface area (Å²) >= 11 is 0. The molecule has 4 N–H and O–H groups in total. The summed E-state index contributed by atoms with van der Waals surface area (Å²) < 4.78 is 5.07. The van der Waals surface area contributed by atoms with E-state index in [1.54, 1.807) is 27.7 Å². The first-order valence-corrected chi connectivity index (χ1v) is 7.20. The molecule has 0 aromatic carbocycles. The zero-order chi connectivity index (χ0) is 16.6. The lowest BCUT2D eigenvalue weighted by atomic mass is 10.0. The van der Waals surface area contributed by atoms with Crippen LogP contribution in [0.3, 0.4) is 0 Å². The Kier molecular flexibility index (Phi) is 8.61. The van der Waals surface area contributed by atoms with E-state index >= 15 is 0 Å². The average Bonchev–Trinajstić information content (AvgIpc) is 2.42. The topological polar surface area (TPSA) is 119 Å². The molecule has 0 aliphatic heterocycles. The van der Waals surface area contributed by atoms with E-state index in [4.69, 9.17) is 10.5 Å². The summed E-state index contributed by atoms with van der Waals surface area (Å²) in [5, 5.41) is 12.0. The van der Waals surface area contributed by atoms with Gasteiger partial charge in [-0.2, -0.15) is 0 Å². The molecule has 0 rings (SSSR count). The molecule has 3 atom stereocenters. The van der Waals surface area contributed by atoms with Crippen LogP contribution in [0.4, 0.5) is 0 Å². The number of carbonyl (C=O) groups is 3. The molecule has 0 aromatic rings. The molecule has 0 bridgehead atoms. The monoisotopic (exact) mass is 302 g/mol. The molecular formula is C14H26N2O5. The molecule has 0 aromatic heterocycles. The van der Waals surface area contributed by atoms with E-state index in [-0.39, 0.29) is 18.8 Å². The standard InChI is InChI=1S/C14H26N2O5/c1-5-9(17)7-10(13(15)19)16-14(20)12(8(3)4)21-11(18)6-2/h8-10,12,17H,5-7H2,1-4H3,(H2,15,19)(H,16,20)/t9-,10+,12-/m0/s1. The summed E-state index contributed by atoms with van der Waals surface area (Å²) in [6.45, 7) is 6.84. The third kappa shape index (κ3) is 7.08. The van der Waals surface area contributed by atoms with Gasteiger partial charge in [0.2, 0.25) is 5.91 Å². The number of nitrogens with one attached hydrogen (secondary N) is 1. The maximum absolute atomic E-state index is 12.1. The molecule has 0 aliphatic carbocycles. The highest BCUT2D eigenvalue weighted by molar-refractivity contribution is 5.89. The van der Waals surface area contributed by atoms with Crippen molar-refractivity contribution in [2.45, 2.75) is 65.2 Å². The van der Waals surface area contributed by atoms with Crippen LogP contribution in [0.2, 0.25) is 0 Å². The first-order valence-electron chi connectivity index (χ1n) is 7.20. The van der Waals surface area contributed by atoms with Crippen molar-refractivity contribution in [2.24, 2.45) is 11.7 Å². The zero-order valence-electron chi connectivity index (χ0n) is 13.1. The van der Waals surface area contributed by atoms with Crippen molar-refractivity contribution >= 4 is 17.8 Å². The Morgan fingerprint density at radius 2 is 1.81 bits per heavy atom. The van der Waals surface area contributed by atoms with E-state index in [1.807, 2.05) is 0 Å². The van der Waals surface area contributed by atoms with Gasteiger partial charge in [0.1, 0.15) is 6.04 Å². The highest BCUT2D eigenvalue weighted by Gasteiger charge is 2.30. The molecule has 0 saturated heterocycles. The van der Waals surface area contributed by atoms with Gasteiger partial charge < -0.3 is 20.9 Å². The van der Waals surface area contributed by atoms with Crippen LogP contribution in [0.15, 0.2) is 0 Å². The third-order valence-corrected chi connectivity index (χ3v) is 3.05. The predicted molar refractivity (Wildman–Crippen MR) is 77.0 cm³/mol. The highest BCUT2D eigenvalue weighted by Crippen LogP contribution is 2.10. The van der Waals surface area contributed by atoms with E-state index in [0.29, 0.717) is 6.42 Å². The molecule has 7 heteroatoms. The summed E-state index contributed by atoms with van der Waals surface area (Å²) in [5.74, 6) is -2.06. The largest absolute Gasteiger partial charge is 0.452 e. The quantitative estimate of drug-likeness (QED) is 0.522. The van der Waals surface area contributed by atoms with Crippen LogP contribution >= 0.6 is 0 Å². The van der Waals surface area contributed by atoms with Crippen LogP contribution < -0.4 is 11.1 Å². The van der Waals surface area contributed by atoms with Gasteiger partial charge in [0, 0.05) is 12.8 Å². The summed E-state index contributed by atoms with van der Waals surface area (Å²) in [7, 11) is 0. The van der Waals surface area contributed by atoms with E-state index < -0.39 is 36.0 Å². The fourth-order valence-corrected chi connectivity index (χ4v) is 1.66. The second-order valence-corrected chi connectivity index (χ2v) is 5.27. The predicted octanol–water partition coefficient (Wildman–Crippen LogP) is 0.0953. The van der Waals surface area contributed by atoms with Gasteiger partial charge in [-0.1, -0.05) is 27.7 Å². The van der Waals surface area contributed by atoms with Crippen LogP contribution in [0, 0.1) is 5.92 Å². The van der Waals surface area contributed by atoms with Crippen molar-refractivity contribution < 1.29 is 24.2 Å². The molecule has 2 amide bonds. The Morgan fingerprint density at radius 1 is 1.24 bits per heavy atom. The fraction of sp³-hybridized carbons (Fsp3) is 0.786. The first kappa shape index (κ1) is 19.4. The van der Waals surface area contributed by atoms with E-state index in [9.17, 15) is 19.5 Å². The first-order chi connectivity index (χ1) is 9.72. The van der Waals surface area contributed by atoms with E-state index in [1.165, 1.54) is 0 Å². The molecule has 0 unspecified atom stereocenters. The zero-order valence-corrected chi connectivity index (χ0v) is 13.1. The number of aliphatic hydroxyl groups excluding tert-OH is 1. The number of hydrogen-bond acceptors (Lipinski definition) is 5. The second kappa shape index (κ2) is 9.33. The number of esters is 1. The van der Waals surface area contributed by atoms with Crippen LogP contribution in [0.1, 0.15) is 47.0 Å². The molecular weight excluding hydrogens is 276 g/mol. The molecule has 0 saturated carbocycles. The minimum Gasteiger partial charge on any atom is -0.452 e. The van der Waals surface area contributed by atoms with E-state index in [2.05, 4.69) is 5.32 Å². The Balaban J connectivity index is 4.83. The molecule has 7 nitrogen and oxygen atoms in total. The summed E-state index contributed by atoms with van der Waals surface area (Å²) in [6, 6.07) is -0.992. The number of nitrogens with two attached hydrogens (primary N) is 1. The fourth-order valence-electron chi connectivity index (χ4n) is 1.66. The number of hydrogen-bond donors (Lipinski definition) is 3. The molecule has 21 heavy (non-hydrogen) atoms. The molecule has 0 heterocycles. The lowest BCUT2D eigenvalue weighted by Gasteiger charge is -2.24. The number of ether oxygens (including phenoxy) is 1. The lowest BCUT2D eigenvalue weighted by molar-refractivity contribution is -0.158. The van der Waals surface area contributed by atoms with Crippen LogP contribution in [0.25, 0.3) is 0 Å². The van der Waals surface area contributed by atoms with Crippen molar-refractivity contribution in [2.75, 3.05) is 0 Å². The van der Waals surface area contributed by atoms with Crippen LogP contribution in [0.5, 0.6) is 0 Å². The van der Waals surface area contributed by atoms with Crippen LogP contribution in [-0.4, -0.2) is 41.1 Å². The van der Waals surface area contributed by atoms with Gasteiger partial charge in [-0.3, -0.25) is 14.4 Å². The number of aliphatic hydroxyl groups is 1. The summed E-state index contributed by atoms with van der Waals surface area (Å²) in [4.78, 5) is 34.8. The molecule has 0 fully saturated rings. The second-order valence-electron chi connectivity index (χ2n) is 5.27. The minimum atomic E-state index is -0.992.